The smallest absolute Gasteiger partial charge is 0.322 e. The van der Waals surface area contributed by atoms with Gasteiger partial charge in [-0.25, -0.2) is 13.2 Å². The maximum Gasteiger partial charge on any atom is 0.322 e. The molecule has 5 aliphatic heterocycles. The molecule has 37 heavy (non-hydrogen) atoms. The van der Waals surface area contributed by atoms with Crippen molar-refractivity contribution in [3.63, 3.8) is 0 Å². The minimum atomic E-state index is -3.90. The number of carbonyl (C=O) groups excluding carboxylic acids is 2. The van der Waals surface area contributed by atoms with Gasteiger partial charge < -0.3 is 14.7 Å². The van der Waals surface area contributed by atoms with Gasteiger partial charge >= 0.3 is 6.03 Å². The van der Waals surface area contributed by atoms with Gasteiger partial charge in [0.2, 0.25) is 15.9 Å². The molecule has 4 fully saturated rings. The van der Waals surface area contributed by atoms with E-state index in [4.69, 9.17) is 16.6 Å². The molecule has 13 heteroatoms. The van der Waals surface area contributed by atoms with Gasteiger partial charge in [0.15, 0.2) is 5.66 Å². The van der Waals surface area contributed by atoms with Crippen LogP contribution in [0.4, 0.5) is 4.79 Å². The largest absolute Gasteiger partial charge is 0.360 e. The molecule has 1 aromatic heterocycles. The fourth-order valence-electron chi connectivity index (χ4n) is 6.67. The fraction of sp³-hybridized carbons (Fsp3) is 0.625. The summed E-state index contributed by atoms with van der Waals surface area (Å²) in [6.45, 7) is 2.98. The lowest BCUT2D eigenvalue weighted by Gasteiger charge is -2.48. The summed E-state index contributed by atoms with van der Waals surface area (Å²) < 4.78 is 28.5. The highest BCUT2D eigenvalue weighted by Crippen LogP contribution is 2.49. The number of nitrogens with zero attached hydrogens (tertiary/aromatic N) is 6. The van der Waals surface area contributed by atoms with Crippen LogP contribution in [0.3, 0.4) is 0 Å². The van der Waals surface area contributed by atoms with Gasteiger partial charge in [-0.15, -0.1) is 11.3 Å². The van der Waals surface area contributed by atoms with Crippen LogP contribution in [0.25, 0.3) is 6.08 Å². The van der Waals surface area contributed by atoms with Crippen LogP contribution < -0.4 is 0 Å². The molecule has 6 rings (SSSR count). The zero-order chi connectivity index (χ0) is 26.0. The molecule has 0 radical (unpaired) electrons. The van der Waals surface area contributed by atoms with Crippen LogP contribution in [-0.2, 0) is 14.8 Å². The lowest BCUT2D eigenvalue weighted by Crippen LogP contribution is -2.68. The predicted molar refractivity (Wildman–Crippen MR) is 143 cm³/mol. The zero-order valence-electron chi connectivity index (χ0n) is 20.8. The van der Waals surface area contributed by atoms with Crippen molar-refractivity contribution in [1.29, 1.82) is 0 Å². The first-order chi connectivity index (χ1) is 17.6. The Labute approximate surface area is 226 Å². The lowest BCUT2D eigenvalue weighted by atomic mass is 9.86. The summed E-state index contributed by atoms with van der Waals surface area (Å²) in [5.74, 6) is 0.898. The van der Waals surface area contributed by atoms with Crippen molar-refractivity contribution in [2.24, 2.45) is 4.99 Å². The van der Waals surface area contributed by atoms with Crippen LogP contribution in [0, 0.1) is 0 Å². The number of halogens is 1. The van der Waals surface area contributed by atoms with Gasteiger partial charge in [0, 0.05) is 49.9 Å². The fourth-order valence-corrected chi connectivity index (χ4v) is 8.89. The van der Waals surface area contributed by atoms with E-state index >= 15 is 0 Å². The number of fused-ring (bicyclic) bond motifs is 1. The van der Waals surface area contributed by atoms with Crippen LogP contribution in [0.15, 0.2) is 22.5 Å². The average Bonchev–Trinajstić information content (AvgIpc) is 3.50. The number of amides is 3. The summed E-state index contributed by atoms with van der Waals surface area (Å²) in [6.07, 6.45) is 6.23. The molecule has 1 atom stereocenters. The predicted octanol–water partition coefficient (Wildman–Crippen LogP) is 2.34. The third-order valence-electron chi connectivity index (χ3n) is 8.42. The van der Waals surface area contributed by atoms with E-state index in [0.717, 1.165) is 63.0 Å². The number of thiophene rings is 1. The molecule has 1 unspecified atom stereocenters. The summed E-state index contributed by atoms with van der Waals surface area (Å²) in [7, 11) is -2.17. The Hall–Kier alpha value is -2.15. The first-order valence-electron chi connectivity index (χ1n) is 12.7. The molecule has 0 bridgehead atoms. The van der Waals surface area contributed by atoms with Gasteiger partial charge in [-0.3, -0.25) is 14.7 Å². The SMILES string of the molecule is CN1CC23CN(S(=O)(=O)C=Cc4ccc(Cl)s4)CC(=O)N2CC2(CCN(C4=NCCCC4)CC2)N3C1=O. The number of sulfonamides is 1. The van der Waals surface area contributed by atoms with Crippen LogP contribution in [-0.4, -0.2) is 114 Å². The normalized spacial score (nSPS) is 28.4. The van der Waals surface area contributed by atoms with E-state index in [-0.39, 0.29) is 31.6 Å². The van der Waals surface area contributed by atoms with Crippen molar-refractivity contribution in [2.45, 2.75) is 43.3 Å². The van der Waals surface area contributed by atoms with E-state index in [1.165, 1.54) is 21.7 Å². The second-order valence-electron chi connectivity index (χ2n) is 10.7. The Balaban J connectivity index is 1.28. The minimum absolute atomic E-state index is 0.0604. The summed E-state index contributed by atoms with van der Waals surface area (Å²) in [4.78, 5) is 40.1. The summed E-state index contributed by atoms with van der Waals surface area (Å²) in [6, 6.07) is 3.32. The summed E-state index contributed by atoms with van der Waals surface area (Å²) in [5, 5.41) is 1.13. The molecule has 10 nitrogen and oxygen atoms in total. The van der Waals surface area contributed by atoms with E-state index in [2.05, 4.69) is 4.90 Å². The number of piperidine rings is 1. The molecule has 5 aliphatic rings. The van der Waals surface area contributed by atoms with Crippen molar-refractivity contribution in [1.82, 2.24) is 23.9 Å². The van der Waals surface area contributed by atoms with E-state index < -0.39 is 21.2 Å². The number of hydrogen-bond acceptors (Lipinski definition) is 7. The van der Waals surface area contributed by atoms with Crippen LogP contribution in [0.2, 0.25) is 4.34 Å². The number of likely N-dealkylation sites (tertiary alicyclic amines) is 1. The van der Waals surface area contributed by atoms with Crippen molar-refractivity contribution in [3.8, 4) is 0 Å². The molecular formula is C24H31ClN6O4S2. The van der Waals surface area contributed by atoms with Crippen LogP contribution in [0.5, 0.6) is 0 Å². The third-order valence-corrected chi connectivity index (χ3v) is 11.1. The number of amidine groups is 1. The highest BCUT2D eigenvalue weighted by atomic mass is 35.5. The minimum Gasteiger partial charge on any atom is -0.360 e. The number of likely N-dealkylation sites (N-methyl/N-ethyl adjacent to an activating group) is 1. The summed E-state index contributed by atoms with van der Waals surface area (Å²) in [5.41, 5.74) is -1.51. The molecule has 2 spiro atoms. The number of rotatable bonds is 3. The molecule has 1 aromatic rings. The quantitative estimate of drug-likeness (QED) is 0.559. The molecular weight excluding hydrogens is 536 g/mol. The number of hydrogen-bond donors (Lipinski definition) is 0. The Bertz CT molecular complexity index is 1290. The lowest BCUT2D eigenvalue weighted by molar-refractivity contribution is -0.143. The molecule has 200 valence electrons. The standard InChI is InChI=1S/C24H31ClN6O4S2/c1-27-16-24-17-29(37(34,35)13-7-18-5-6-19(25)36-18)14-21(32)30(24)15-23(31(24)22(27)33)8-11-28(12-9-23)20-4-2-3-10-26-20/h5-7,13H,2-4,8-12,14-17H2,1H3. The monoisotopic (exact) mass is 566 g/mol. The first-order valence-corrected chi connectivity index (χ1v) is 15.4. The van der Waals surface area contributed by atoms with Crippen LogP contribution >= 0.6 is 22.9 Å². The molecule has 3 amide bonds. The maximum atomic E-state index is 13.6. The van der Waals surface area contributed by atoms with Gasteiger partial charge in [-0.05, 0) is 43.9 Å². The highest BCUT2D eigenvalue weighted by Gasteiger charge is 2.69. The van der Waals surface area contributed by atoms with Crippen molar-refractivity contribution in [2.75, 3.05) is 52.9 Å². The highest BCUT2D eigenvalue weighted by molar-refractivity contribution is 7.92. The molecule has 4 saturated heterocycles. The van der Waals surface area contributed by atoms with Gasteiger partial charge in [0.1, 0.15) is 0 Å². The Morgan fingerprint density at radius 1 is 1.11 bits per heavy atom. The van der Waals surface area contributed by atoms with Crippen LogP contribution in [0.1, 0.15) is 37.0 Å². The summed E-state index contributed by atoms with van der Waals surface area (Å²) >= 11 is 7.25. The number of carbonyl (C=O) groups is 2. The molecule has 0 saturated carbocycles. The number of urea groups is 1. The van der Waals surface area contributed by atoms with E-state index in [0.29, 0.717) is 15.8 Å². The Morgan fingerprint density at radius 2 is 1.89 bits per heavy atom. The van der Waals surface area contributed by atoms with Gasteiger partial charge in [0.05, 0.1) is 35.3 Å². The topological polar surface area (TPSA) is 96.8 Å². The molecule has 0 aliphatic carbocycles. The van der Waals surface area contributed by atoms with Crippen molar-refractivity contribution in [3.05, 3.63) is 26.8 Å². The second kappa shape index (κ2) is 8.96. The average molecular weight is 567 g/mol. The number of piperazine rings is 1. The van der Waals surface area contributed by atoms with Gasteiger partial charge in [-0.1, -0.05) is 11.6 Å². The zero-order valence-corrected chi connectivity index (χ0v) is 23.2. The van der Waals surface area contributed by atoms with Crippen molar-refractivity contribution < 1.29 is 18.0 Å². The number of aliphatic imine (C=N–C) groups is 1. The van der Waals surface area contributed by atoms with E-state index in [1.807, 2.05) is 4.90 Å². The molecule has 0 aromatic carbocycles. The van der Waals surface area contributed by atoms with Gasteiger partial charge in [0.25, 0.3) is 0 Å². The Morgan fingerprint density at radius 3 is 2.57 bits per heavy atom. The second-order valence-corrected chi connectivity index (χ2v) is 14.2. The first kappa shape index (κ1) is 25.1. The maximum absolute atomic E-state index is 13.6. The van der Waals surface area contributed by atoms with E-state index in [1.54, 1.807) is 29.0 Å². The molecule has 6 heterocycles. The van der Waals surface area contributed by atoms with E-state index in [9.17, 15) is 18.0 Å². The third kappa shape index (κ3) is 4.07. The van der Waals surface area contributed by atoms with Gasteiger partial charge in [-0.2, -0.15) is 4.31 Å². The van der Waals surface area contributed by atoms with Crippen molar-refractivity contribution >= 4 is 56.8 Å². The Kier molecular flexibility index (Phi) is 6.09. The molecule has 0 N–H and O–H groups in total.